The van der Waals surface area contributed by atoms with Crippen LogP contribution in [0.4, 0.5) is 10.1 Å². The van der Waals surface area contributed by atoms with Crippen molar-refractivity contribution in [3.63, 3.8) is 0 Å². The maximum Gasteiger partial charge on any atom is 0.300 e. The van der Waals surface area contributed by atoms with Crippen LogP contribution in [0.5, 0.6) is 17.2 Å². The molecule has 0 radical (unpaired) electrons. The molecule has 0 spiro atoms. The highest BCUT2D eigenvalue weighted by atomic mass is 35.5. The van der Waals surface area contributed by atoms with E-state index in [1.165, 1.54) is 6.07 Å². The first kappa shape index (κ1) is 34.0. The fourth-order valence-electron chi connectivity index (χ4n) is 5.73. The second kappa shape index (κ2) is 15.9. The van der Waals surface area contributed by atoms with Gasteiger partial charge in [0.1, 0.15) is 18.2 Å². The molecular weight excluding hydrogens is 603 g/mol. The smallest absolute Gasteiger partial charge is 0.300 e. The van der Waals surface area contributed by atoms with E-state index in [1.54, 1.807) is 13.2 Å². The summed E-state index contributed by atoms with van der Waals surface area (Å²) in [6, 6.07) is 14.7. The van der Waals surface area contributed by atoms with Gasteiger partial charge in [0.15, 0.2) is 11.5 Å². The largest absolute Gasteiger partial charge is 0.491 e. The Labute approximate surface area is 268 Å². The normalized spacial score (nSPS) is 17.0. The highest BCUT2D eigenvalue weighted by Crippen LogP contribution is 2.44. The first-order chi connectivity index (χ1) is 21.6. The highest BCUT2D eigenvalue weighted by Gasteiger charge is 2.37. The average molecular weight is 643 g/mol. The summed E-state index contributed by atoms with van der Waals surface area (Å²) in [6.45, 7) is 6.90. The van der Waals surface area contributed by atoms with Crippen LogP contribution < -0.4 is 19.5 Å². The van der Waals surface area contributed by atoms with Gasteiger partial charge in [-0.05, 0) is 71.8 Å². The molecule has 2 aliphatic heterocycles. The molecule has 2 N–H and O–H groups in total. The Balaban J connectivity index is 0.00000109. The van der Waals surface area contributed by atoms with Gasteiger partial charge in [-0.25, -0.2) is 4.39 Å². The molecular formula is C34H40ClFN2O7. The Bertz CT molecular complexity index is 1460. The number of carboxylic acid groups (broad SMARTS) is 1. The van der Waals surface area contributed by atoms with Gasteiger partial charge < -0.3 is 29.4 Å². The monoisotopic (exact) mass is 642 g/mol. The molecule has 0 unspecified atom stereocenters. The average Bonchev–Trinajstić information content (AvgIpc) is 3.64. The number of carboxylic acids is 1. The number of likely N-dealkylation sites (tertiary alicyclic amines) is 1. The van der Waals surface area contributed by atoms with Crippen molar-refractivity contribution in [1.29, 1.82) is 0 Å². The SMILES string of the molecule is CC(=O)O.CCc1cc(Cl)cc(CC)c1NC(=O)CN1C[C@H](c2cc3c(cc2F)OCO3)C[C@@H]1c1ccc(OCCOC)cc1. The lowest BCUT2D eigenvalue weighted by atomic mass is 9.93. The molecule has 2 aliphatic rings. The fraction of sp³-hybridized carbons (Fsp3) is 0.412. The highest BCUT2D eigenvalue weighted by molar-refractivity contribution is 6.30. The molecule has 0 aromatic heterocycles. The molecule has 1 saturated heterocycles. The van der Waals surface area contributed by atoms with Crippen molar-refractivity contribution in [3.05, 3.63) is 81.6 Å². The van der Waals surface area contributed by atoms with E-state index in [1.807, 2.05) is 50.2 Å². The number of anilines is 1. The number of hydrogen-bond acceptors (Lipinski definition) is 7. The van der Waals surface area contributed by atoms with Gasteiger partial charge in [0.05, 0.1) is 13.2 Å². The number of benzene rings is 3. The lowest BCUT2D eigenvalue weighted by Gasteiger charge is -2.25. The van der Waals surface area contributed by atoms with Gasteiger partial charge in [0.2, 0.25) is 12.7 Å². The number of aliphatic carboxylic acids is 1. The number of aryl methyl sites for hydroxylation is 2. The van der Waals surface area contributed by atoms with E-state index >= 15 is 4.39 Å². The number of carbonyl (C=O) groups is 2. The summed E-state index contributed by atoms with van der Waals surface area (Å²) in [4.78, 5) is 24.6. The van der Waals surface area contributed by atoms with Gasteiger partial charge in [-0.3, -0.25) is 14.5 Å². The van der Waals surface area contributed by atoms with Crippen molar-refractivity contribution in [2.75, 3.05) is 45.5 Å². The Morgan fingerprint density at radius 2 is 1.67 bits per heavy atom. The van der Waals surface area contributed by atoms with E-state index in [-0.39, 0.29) is 37.0 Å². The number of rotatable bonds is 11. The molecule has 9 nitrogen and oxygen atoms in total. The van der Waals surface area contributed by atoms with Crippen molar-refractivity contribution in [2.45, 2.75) is 52.0 Å². The Morgan fingerprint density at radius 1 is 1.04 bits per heavy atom. The lowest BCUT2D eigenvalue weighted by molar-refractivity contribution is -0.134. The number of carbonyl (C=O) groups excluding carboxylic acids is 1. The number of hydrogen-bond donors (Lipinski definition) is 2. The summed E-state index contributed by atoms with van der Waals surface area (Å²) >= 11 is 6.33. The number of halogens is 2. The van der Waals surface area contributed by atoms with E-state index < -0.39 is 5.97 Å². The first-order valence-electron chi connectivity index (χ1n) is 15.0. The molecule has 2 atom stereocenters. The maximum atomic E-state index is 15.2. The summed E-state index contributed by atoms with van der Waals surface area (Å²) < 4.78 is 36.9. The minimum atomic E-state index is -0.833. The van der Waals surface area contributed by atoms with Crippen molar-refractivity contribution in [3.8, 4) is 17.2 Å². The second-order valence-corrected chi connectivity index (χ2v) is 11.3. The summed E-state index contributed by atoms with van der Waals surface area (Å²) in [5, 5.41) is 11.2. The number of amides is 1. The van der Waals surface area contributed by atoms with Gasteiger partial charge in [-0.15, -0.1) is 0 Å². The van der Waals surface area contributed by atoms with Crippen LogP contribution in [0.15, 0.2) is 48.5 Å². The number of ether oxygens (including phenoxy) is 4. The summed E-state index contributed by atoms with van der Waals surface area (Å²) in [7, 11) is 1.63. The minimum absolute atomic E-state index is 0.0841. The number of methoxy groups -OCH3 is 1. The van der Waals surface area contributed by atoms with Gasteiger partial charge in [0, 0.05) is 49.3 Å². The zero-order valence-electron chi connectivity index (χ0n) is 26.0. The van der Waals surface area contributed by atoms with Gasteiger partial charge in [0.25, 0.3) is 5.97 Å². The molecule has 0 aliphatic carbocycles. The maximum absolute atomic E-state index is 15.2. The second-order valence-electron chi connectivity index (χ2n) is 10.9. The fourth-order valence-corrected chi connectivity index (χ4v) is 6.00. The van der Waals surface area contributed by atoms with Gasteiger partial charge in [-0.2, -0.15) is 0 Å². The quantitative estimate of drug-likeness (QED) is 0.225. The van der Waals surface area contributed by atoms with Crippen LogP contribution in [0.3, 0.4) is 0 Å². The van der Waals surface area contributed by atoms with E-state index in [4.69, 9.17) is 40.4 Å². The van der Waals surface area contributed by atoms with Crippen LogP contribution in [-0.2, 0) is 27.2 Å². The van der Waals surface area contributed by atoms with Crippen LogP contribution in [0, 0.1) is 5.82 Å². The molecule has 0 bridgehead atoms. The number of nitrogens with one attached hydrogen (secondary N) is 1. The number of nitrogens with zero attached hydrogens (tertiary/aromatic N) is 1. The molecule has 11 heteroatoms. The van der Waals surface area contributed by atoms with E-state index in [2.05, 4.69) is 10.2 Å². The molecule has 3 aromatic rings. The van der Waals surface area contributed by atoms with Crippen molar-refractivity contribution in [2.24, 2.45) is 0 Å². The predicted octanol–water partition coefficient (Wildman–Crippen LogP) is 6.62. The third-order valence-corrected chi connectivity index (χ3v) is 8.01. The molecule has 5 rings (SSSR count). The van der Waals surface area contributed by atoms with E-state index in [0.29, 0.717) is 48.3 Å². The Morgan fingerprint density at radius 3 is 2.27 bits per heavy atom. The Hall–Kier alpha value is -3.86. The summed E-state index contributed by atoms with van der Waals surface area (Å²) in [5.74, 6) is 0.304. The predicted molar refractivity (Wildman–Crippen MR) is 170 cm³/mol. The third kappa shape index (κ3) is 8.87. The number of fused-ring (bicyclic) bond motifs is 1. The molecule has 242 valence electrons. The first-order valence-corrected chi connectivity index (χ1v) is 15.4. The molecule has 3 aromatic carbocycles. The van der Waals surface area contributed by atoms with Crippen molar-refractivity contribution in [1.82, 2.24) is 4.90 Å². The summed E-state index contributed by atoms with van der Waals surface area (Å²) in [5.41, 5.74) is 4.45. The van der Waals surface area contributed by atoms with E-state index in [0.717, 1.165) is 47.9 Å². The molecule has 45 heavy (non-hydrogen) atoms. The zero-order chi connectivity index (χ0) is 32.5. The lowest BCUT2D eigenvalue weighted by Crippen LogP contribution is -2.33. The van der Waals surface area contributed by atoms with Crippen molar-refractivity contribution < 1.29 is 38.0 Å². The molecule has 0 saturated carbocycles. The third-order valence-electron chi connectivity index (χ3n) is 7.80. The van der Waals surface area contributed by atoms with Crippen LogP contribution in [0.2, 0.25) is 5.02 Å². The molecule has 2 heterocycles. The Kier molecular flexibility index (Phi) is 12.0. The topological polar surface area (TPSA) is 107 Å². The van der Waals surface area contributed by atoms with Gasteiger partial charge in [-0.1, -0.05) is 37.6 Å². The van der Waals surface area contributed by atoms with Crippen LogP contribution in [-0.4, -0.2) is 62.1 Å². The molecule has 1 fully saturated rings. The minimum Gasteiger partial charge on any atom is -0.491 e. The van der Waals surface area contributed by atoms with Gasteiger partial charge >= 0.3 is 0 Å². The van der Waals surface area contributed by atoms with Crippen LogP contribution in [0.25, 0.3) is 0 Å². The standard InChI is InChI=1S/C32H36ClFN2O5.C2H4O2/c1-4-20-12-24(33)13-21(5-2)32(20)35-31(37)18-36-17-23(26-15-29-30(16-27(26)34)41-19-40-29)14-28(36)22-6-8-25(9-7-22)39-11-10-38-3;1-2(3)4/h6-9,12-13,15-16,23,28H,4-5,10-11,14,17-19H2,1-3H3,(H,35,37);1H3,(H,3,4)/t23-,28-;/m1./s1. The van der Waals surface area contributed by atoms with Crippen LogP contribution in [0.1, 0.15) is 61.4 Å². The van der Waals surface area contributed by atoms with Crippen molar-refractivity contribution >= 4 is 29.2 Å². The van der Waals surface area contributed by atoms with E-state index in [9.17, 15) is 4.79 Å². The summed E-state index contributed by atoms with van der Waals surface area (Å²) in [6.07, 6.45) is 2.15. The van der Waals surface area contributed by atoms with Crippen LogP contribution >= 0.6 is 11.6 Å². The zero-order valence-corrected chi connectivity index (χ0v) is 26.8. The molecule has 1 amide bonds.